The summed E-state index contributed by atoms with van der Waals surface area (Å²) in [5.74, 6) is -1.53. The Kier molecular flexibility index (Phi) is 6.17. The average Bonchev–Trinajstić information content (AvgIpc) is 3.52. The Bertz CT molecular complexity index is 1220. The summed E-state index contributed by atoms with van der Waals surface area (Å²) in [5, 5.41) is 22.2. The molecule has 0 aliphatic heterocycles. The predicted octanol–water partition coefficient (Wildman–Crippen LogP) is 2.30. The zero-order chi connectivity index (χ0) is 24.4. The van der Waals surface area contributed by atoms with Gasteiger partial charge in [-0.2, -0.15) is 0 Å². The van der Waals surface area contributed by atoms with Crippen LogP contribution in [0, 0.1) is 5.92 Å². The number of benzene rings is 2. The van der Waals surface area contributed by atoms with E-state index in [0.717, 1.165) is 35.1 Å². The fourth-order valence-corrected chi connectivity index (χ4v) is 4.49. The molecule has 1 atom stereocenters. The standard InChI is InChI=1S/C25H25N5O5/c31-22(27-23(24(32)33)15-9-10-15)13-30-12-16(28-29-30)11-26-25(34)35-14-21-19-7-3-1-5-17(19)18-6-2-4-8-20(18)21/h1-8,12,15,21,23H,9-11,13-14H2,(H,26,34)(H,27,31)(H,32,33). The van der Waals surface area contributed by atoms with Crippen LogP contribution in [-0.4, -0.2) is 50.7 Å². The second-order valence-corrected chi connectivity index (χ2v) is 8.81. The van der Waals surface area contributed by atoms with E-state index in [4.69, 9.17) is 4.74 Å². The molecule has 2 aliphatic carbocycles. The minimum absolute atomic E-state index is 0.0100. The first-order valence-corrected chi connectivity index (χ1v) is 11.5. The number of fused-ring (bicyclic) bond motifs is 3. The van der Waals surface area contributed by atoms with E-state index in [2.05, 4.69) is 45.2 Å². The number of nitrogens with zero attached hydrogens (tertiary/aromatic N) is 3. The fraction of sp³-hybridized carbons (Fsp3) is 0.320. The van der Waals surface area contributed by atoms with E-state index in [1.807, 2.05) is 24.3 Å². The Morgan fingerprint density at radius 3 is 2.34 bits per heavy atom. The highest BCUT2D eigenvalue weighted by Crippen LogP contribution is 2.44. The Labute approximate surface area is 201 Å². The number of carbonyl (C=O) groups is 3. The normalized spacial score (nSPS) is 15.1. The molecule has 1 saturated carbocycles. The maximum Gasteiger partial charge on any atom is 0.407 e. The molecule has 1 heterocycles. The topological polar surface area (TPSA) is 135 Å². The van der Waals surface area contributed by atoms with Gasteiger partial charge in [-0.1, -0.05) is 53.7 Å². The van der Waals surface area contributed by atoms with Gasteiger partial charge in [0.2, 0.25) is 5.91 Å². The van der Waals surface area contributed by atoms with Crippen LogP contribution in [0.5, 0.6) is 0 Å². The Hall–Kier alpha value is -4.21. The number of carboxylic acid groups (broad SMARTS) is 1. The van der Waals surface area contributed by atoms with Crippen LogP contribution < -0.4 is 10.6 Å². The first kappa shape index (κ1) is 22.6. The maximum absolute atomic E-state index is 12.3. The molecule has 3 N–H and O–H groups in total. The van der Waals surface area contributed by atoms with Gasteiger partial charge in [-0.05, 0) is 41.0 Å². The lowest BCUT2D eigenvalue weighted by Gasteiger charge is -2.14. The SMILES string of the molecule is O=C(Cn1cc(CNC(=O)OCC2c3ccccc3-c3ccccc32)nn1)NC(C(=O)O)C1CC1. The largest absolute Gasteiger partial charge is 0.480 e. The van der Waals surface area contributed by atoms with Gasteiger partial charge in [-0.25, -0.2) is 14.3 Å². The number of amides is 2. The molecule has 1 fully saturated rings. The molecular weight excluding hydrogens is 450 g/mol. The predicted molar refractivity (Wildman–Crippen MR) is 124 cm³/mol. The second kappa shape index (κ2) is 9.57. The van der Waals surface area contributed by atoms with Crippen LogP contribution >= 0.6 is 0 Å². The van der Waals surface area contributed by atoms with Gasteiger partial charge in [0.25, 0.3) is 0 Å². The highest BCUT2D eigenvalue weighted by Gasteiger charge is 2.37. The monoisotopic (exact) mass is 475 g/mol. The summed E-state index contributed by atoms with van der Waals surface area (Å²) in [6.45, 7) is 0.130. The lowest BCUT2D eigenvalue weighted by Crippen LogP contribution is -2.43. The van der Waals surface area contributed by atoms with Gasteiger partial charge in [0, 0.05) is 5.92 Å². The third-order valence-corrected chi connectivity index (χ3v) is 6.33. The summed E-state index contributed by atoms with van der Waals surface area (Å²) >= 11 is 0. The molecule has 2 amide bonds. The molecule has 10 heteroatoms. The molecular formula is C25H25N5O5. The quantitative estimate of drug-likeness (QED) is 0.432. The highest BCUT2D eigenvalue weighted by molar-refractivity contribution is 5.84. The number of carboxylic acids is 1. The van der Waals surface area contributed by atoms with Crippen molar-refractivity contribution >= 4 is 18.0 Å². The van der Waals surface area contributed by atoms with Crippen molar-refractivity contribution in [3.63, 3.8) is 0 Å². The van der Waals surface area contributed by atoms with Gasteiger partial charge in [0.15, 0.2) is 0 Å². The van der Waals surface area contributed by atoms with Gasteiger partial charge in [-0.3, -0.25) is 4.79 Å². The molecule has 0 spiro atoms. The number of rotatable bonds is 9. The van der Waals surface area contributed by atoms with Crippen molar-refractivity contribution in [1.82, 2.24) is 25.6 Å². The highest BCUT2D eigenvalue weighted by atomic mass is 16.5. The Balaban J connectivity index is 1.11. The minimum atomic E-state index is -1.03. The zero-order valence-corrected chi connectivity index (χ0v) is 18.9. The van der Waals surface area contributed by atoms with Gasteiger partial charge in [-0.15, -0.1) is 5.10 Å². The molecule has 2 aliphatic rings. The lowest BCUT2D eigenvalue weighted by atomic mass is 9.98. The van der Waals surface area contributed by atoms with Gasteiger partial charge >= 0.3 is 12.1 Å². The Morgan fingerprint density at radius 1 is 1.06 bits per heavy atom. The molecule has 10 nitrogen and oxygen atoms in total. The first-order valence-electron chi connectivity index (χ1n) is 11.5. The summed E-state index contributed by atoms with van der Waals surface area (Å²) in [6, 6.07) is 15.3. The third-order valence-electron chi connectivity index (χ3n) is 6.33. The van der Waals surface area contributed by atoms with Crippen LogP contribution in [0.3, 0.4) is 0 Å². The number of hydrogen-bond acceptors (Lipinski definition) is 6. The van der Waals surface area contributed by atoms with Crippen molar-refractivity contribution in [2.45, 2.75) is 37.9 Å². The number of hydrogen-bond donors (Lipinski definition) is 3. The van der Waals surface area contributed by atoms with Crippen molar-refractivity contribution < 1.29 is 24.2 Å². The van der Waals surface area contributed by atoms with Crippen LogP contribution in [0.2, 0.25) is 0 Å². The van der Waals surface area contributed by atoms with Crippen molar-refractivity contribution in [3.05, 3.63) is 71.5 Å². The molecule has 0 bridgehead atoms. The lowest BCUT2D eigenvalue weighted by molar-refractivity contribution is -0.142. The first-order chi connectivity index (χ1) is 17.0. The van der Waals surface area contributed by atoms with Gasteiger partial charge in [0.05, 0.1) is 12.7 Å². The third kappa shape index (κ3) is 5.01. The minimum Gasteiger partial charge on any atom is -0.480 e. The molecule has 5 rings (SSSR count). The Morgan fingerprint density at radius 2 is 1.71 bits per heavy atom. The van der Waals surface area contributed by atoms with E-state index in [0.29, 0.717) is 5.69 Å². The molecule has 0 saturated heterocycles. The van der Waals surface area contributed by atoms with Crippen molar-refractivity contribution in [3.8, 4) is 11.1 Å². The number of ether oxygens (including phenoxy) is 1. The smallest absolute Gasteiger partial charge is 0.407 e. The van der Waals surface area contributed by atoms with Crippen LogP contribution in [0.25, 0.3) is 11.1 Å². The molecule has 0 radical (unpaired) electrons. The molecule has 180 valence electrons. The number of nitrogens with one attached hydrogen (secondary N) is 2. The van der Waals surface area contributed by atoms with E-state index in [9.17, 15) is 19.5 Å². The number of aromatic nitrogens is 3. The summed E-state index contributed by atoms with van der Waals surface area (Å²) < 4.78 is 6.80. The number of carbonyl (C=O) groups excluding carboxylic acids is 2. The number of alkyl carbamates (subject to hydrolysis) is 1. The molecule has 2 aromatic carbocycles. The van der Waals surface area contributed by atoms with Crippen LogP contribution in [0.4, 0.5) is 4.79 Å². The van der Waals surface area contributed by atoms with E-state index < -0.39 is 24.0 Å². The number of aliphatic carboxylic acids is 1. The van der Waals surface area contributed by atoms with Crippen molar-refractivity contribution in [1.29, 1.82) is 0 Å². The van der Waals surface area contributed by atoms with E-state index in [-0.39, 0.29) is 31.5 Å². The van der Waals surface area contributed by atoms with Crippen LogP contribution in [0.15, 0.2) is 54.7 Å². The average molecular weight is 476 g/mol. The van der Waals surface area contributed by atoms with E-state index in [1.165, 1.54) is 10.9 Å². The van der Waals surface area contributed by atoms with Crippen molar-refractivity contribution in [2.75, 3.05) is 6.61 Å². The van der Waals surface area contributed by atoms with Crippen LogP contribution in [0.1, 0.15) is 35.6 Å². The maximum atomic E-state index is 12.3. The second-order valence-electron chi connectivity index (χ2n) is 8.81. The summed E-state index contributed by atoms with van der Waals surface area (Å²) in [6.07, 6.45) is 2.54. The van der Waals surface area contributed by atoms with Gasteiger partial charge in [0.1, 0.15) is 24.9 Å². The van der Waals surface area contributed by atoms with E-state index in [1.54, 1.807) is 0 Å². The summed E-state index contributed by atoms with van der Waals surface area (Å²) in [7, 11) is 0. The summed E-state index contributed by atoms with van der Waals surface area (Å²) in [5.41, 5.74) is 5.03. The van der Waals surface area contributed by atoms with E-state index >= 15 is 0 Å². The molecule has 1 unspecified atom stereocenters. The fourth-order valence-electron chi connectivity index (χ4n) is 4.49. The van der Waals surface area contributed by atoms with Gasteiger partial charge < -0.3 is 20.5 Å². The van der Waals surface area contributed by atoms with Crippen LogP contribution in [-0.2, 0) is 27.4 Å². The zero-order valence-electron chi connectivity index (χ0n) is 18.9. The molecule has 3 aromatic rings. The summed E-state index contributed by atoms with van der Waals surface area (Å²) in [4.78, 5) is 35.8. The van der Waals surface area contributed by atoms with Crippen molar-refractivity contribution in [2.24, 2.45) is 5.92 Å². The molecule has 35 heavy (non-hydrogen) atoms. The molecule has 1 aromatic heterocycles.